The number of ether oxygens (including phenoxy) is 3. The smallest absolute Gasteiger partial charge is 0.357 e. The molecule has 0 amide bonds. The van der Waals surface area contributed by atoms with E-state index >= 15 is 0 Å². The molecule has 0 unspecified atom stereocenters. The minimum absolute atomic E-state index is 0.261. The predicted octanol–water partition coefficient (Wildman–Crippen LogP) is 2.98. The van der Waals surface area contributed by atoms with Crippen LogP contribution >= 0.6 is 0 Å². The van der Waals surface area contributed by atoms with Crippen molar-refractivity contribution in [2.75, 3.05) is 41.0 Å². The van der Waals surface area contributed by atoms with Gasteiger partial charge in [-0.25, -0.2) is 9.78 Å². The minimum Gasteiger partial charge on any atom is -0.492 e. The number of hydrogen-bond donors (Lipinski definition) is 1. The zero-order chi connectivity index (χ0) is 19.4. The molecule has 1 N–H and O–H groups in total. The summed E-state index contributed by atoms with van der Waals surface area (Å²) in [6.45, 7) is 3.76. The number of aromatic nitrogens is 2. The summed E-state index contributed by atoms with van der Waals surface area (Å²) in [7, 11) is 5.61. The van der Waals surface area contributed by atoms with Crippen LogP contribution < -0.4 is 4.74 Å². The lowest BCUT2D eigenvalue weighted by Gasteiger charge is -2.11. The van der Waals surface area contributed by atoms with Gasteiger partial charge >= 0.3 is 5.97 Å². The average Bonchev–Trinajstić information content (AvgIpc) is 3.00. The first-order valence-corrected chi connectivity index (χ1v) is 8.92. The lowest BCUT2D eigenvalue weighted by Crippen LogP contribution is -2.19. The summed E-state index contributed by atoms with van der Waals surface area (Å²) in [5.74, 6) is 0.335. The van der Waals surface area contributed by atoms with E-state index in [0.29, 0.717) is 18.8 Å². The largest absolute Gasteiger partial charge is 0.492 e. The zero-order valence-corrected chi connectivity index (χ0v) is 16.2. The van der Waals surface area contributed by atoms with Crippen molar-refractivity contribution >= 4 is 27.8 Å². The Morgan fingerprint density at radius 3 is 2.78 bits per heavy atom. The Morgan fingerprint density at radius 1 is 1.26 bits per heavy atom. The Hall–Kier alpha value is -2.64. The van der Waals surface area contributed by atoms with Gasteiger partial charge in [-0.1, -0.05) is 0 Å². The summed E-state index contributed by atoms with van der Waals surface area (Å²) in [6.07, 6.45) is 1.66. The number of nitrogens with one attached hydrogen (secondary N) is 1. The number of fused-ring (bicyclic) bond motifs is 3. The Kier molecular flexibility index (Phi) is 5.93. The fourth-order valence-corrected chi connectivity index (χ4v) is 3.04. The van der Waals surface area contributed by atoms with Gasteiger partial charge in [0.25, 0.3) is 0 Å². The molecule has 3 aromatic rings. The van der Waals surface area contributed by atoms with E-state index in [1.807, 2.05) is 32.3 Å². The quantitative estimate of drug-likeness (QED) is 0.614. The Morgan fingerprint density at radius 2 is 2.07 bits per heavy atom. The van der Waals surface area contributed by atoms with Crippen LogP contribution in [0.1, 0.15) is 23.0 Å². The molecule has 1 aromatic carbocycles. The van der Waals surface area contributed by atoms with Gasteiger partial charge in [-0.15, -0.1) is 0 Å². The van der Waals surface area contributed by atoms with Crippen LogP contribution in [0.25, 0.3) is 21.8 Å². The number of pyridine rings is 1. The Balaban J connectivity index is 2.10. The third-order valence-corrected chi connectivity index (χ3v) is 4.27. The maximum Gasteiger partial charge on any atom is 0.357 e. The molecule has 0 saturated carbocycles. The first-order chi connectivity index (χ1) is 13.0. The molecule has 0 spiro atoms. The van der Waals surface area contributed by atoms with Gasteiger partial charge in [-0.3, -0.25) is 0 Å². The summed E-state index contributed by atoms with van der Waals surface area (Å²) >= 11 is 0. The van der Waals surface area contributed by atoms with E-state index in [1.54, 1.807) is 20.2 Å². The molecule has 2 heterocycles. The van der Waals surface area contributed by atoms with Gasteiger partial charge in [0.1, 0.15) is 12.4 Å². The van der Waals surface area contributed by atoms with E-state index in [9.17, 15) is 4.79 Å². The van der Waals surface area contributed by atoms with Crippen molar-refractivity contribution in [2.45, 2.75) is 13.5 Å². The van der Waals surface area contributed by atoms with Gasteiger partial charge in [0, 0.05) is 35.5 Å². The van der Waals surface area contributed by atoms with Crippen LogP contribution in [0.2, 0.25) is 0 Å². The molecule has 2 aromatic heterocycles. The number of hydrogen-bond acceptors (Lipinski definition) is 6. The Bertz CT molecular complexity index is 949. The number of methoxy groups -OCH3 is 1. The number of nitrogens with zero attached hydrogens (tertiary/aromatic N) is 2. The van der Waals surface area contributed by atoms with E-state index in [2.05, 4.69) is 14.9 Å². The van der Waals surface area contributed by atoms with E-state index in [1.165, 1.54) is 0 Å². The number of benzene rings is 1. The molecule has 0 aliphatic rings. The van der Waals surface area contributed by atoms with Crippen molar-refractivity contribution in [1.29, 1.82) is 0 Å². The average molecular weight is 371 g/mol. The molecule has 0 saturated heterocycles. The van der Waals surface area contributed by atoms with Crippen LogP contribution in [0, 0.1) is 0 Å². The van der Waals surface area contributed by atoms with Crippen LogP contribution in [-0.2, 0) is 16.1 Å². The van der Waals surface area contributed by atoms with Crippen molar-refractivity contribution in [1.82, 2.24) is 14.9 Å². The standard InChI is InChI=1S/C20H25N3O4/c1-5-26-20(24)19-15(12-25-4)18-14-10-13(27-9-8-23(2)3)6-7-16(14)22-17(18)11-21-19/h6-7,10-11,22H,5,8-9,12H2,1-4H3. The van der Waals surface area contributed by atoms with Crippen molar-refractivity contribution in [2.24, 2.45) is 0 Å². The highest BCUT2D eigenvalue weighted by Gasteiger charge is 2.20. The maximum atomic E-state index is 12.3. The van der Waals surface area contributed by atoms with Crippen LogP contribution in [0.3, 0.4) is 0 Å². The number of rotatable bonds is 8. The third kappa shape index (κ3) is 4.04. The summed E-state index contributed by atoms with van der Waals surface area (Å²) < 4.78 is 16.4. The molecule has 0 atom stereocenters. The van der Waals surface area contributed by atoms with Crippen molar-refractivity contribution < 1.29 is 19.0 Å². The second-order valence-corrected chi connectivity index (χ2v) is 6.51. The van der Waals surface area contributed by atoms with Crippen LogP contribution in [-0.4, -0.2) is 61.8 Å². The SMILES string of the molecule is CCOC(=O)c1ncc2[nH]c3ccc(OCCN(C)C)cc3c2c1COC. The molecular weight excluding hydrogens is 346 g/mol. The summed E-state index contributed by atoms with van der Waals surface area (Å²) in [5.41, 5.74) is 2.79. The van der Waals surface area contributed by atoms with Crippen LogP contribution in [0.4, 0.5) is 0 Å². The molecule has 27 heavy (non-hydrogen) atoms. The van der Waals surface area contributed by atoms with Crippen molar-refractivity contribution in [3.8, 4) is 5.75 Å². The first-order valence-electron chi connectivity index (χ1n) is 8.92. The topological polar surface area (TPSA) is 76.7 Å². The molecular formula is C20H25N3O4. The fourth-order valence-electron chi connectivity index (χ4n) is 3.04. The first kappa shape index (κ1) is 19.1. The highest BCUT2D eigenvalue weighted by molar-refractivity contribution is 6.11. The van der Waals surface area contributed by atoms with E-state index < -0.39 is 5.97 Å². The number of likely N-dealkylation sites (N-methyl/N-ethyl adjacent to an activating group) is 1. The highest BCUT2D eigenvalue weighted by Crippen LogP contribution is 2.32. The molecule has 0 aliphatic carbocycles. The summed E-state index contributed by atoms with van der Waals surface area (Å²) in [4.78, 5) is 22.1. The van der Waals surface area contributed by atoms with E-state index in [-0.39, 0.29) is 12.3 Å². The normalized spacial score (nSPS) is 11.4. The lowest BCUT2D eigenvalue weighted by atomic mass is 10.1. The van der Waals surface area contributed by atoms with Crippen molar-refractivity contribution in [3.05, 3.63) is 35.7 Å². The van der Waals surface area contributed by atoms with Crippen molar-refractivity contribution in [3.63, 3.8) is 0 Å². The second kappa shape index (κ2) is 8.37. The third-order valence-electron chi connectivity index (χ3n) is 4.27. The molecule has 3 rings (SSSR count). The van der Waals surface area contributed by atoms with Crippen LogP contribution in [0.15, 0.2) is 24.4 Å². The monoisotopic (exact) mass is 371 g/mol. The lowest BCUT2D eigenvalue weighted by molar-refractivity contribution is 0.0514. The van der Waals surface area contributed by atoms with Gasteiger partial charge in [-0.2, -0.15) is 0 Å². The molecule has 0 bridgehead atoms. The number of carbonyl (C=O) groups is 1. The van der Waals surface area contributed by atoms with E-state index in [0.717, 1.165) is 34.1 Å². The Labute approximate surface area is 158 Å². The van der Waals surface area contributed by atoms with Gasteiger partial charge in [-0.05, 0) is 39.2 Å². The minimum atomic E-state index is -0.445. The number of esters is 1. The molecule has 0 radical (unpaired) electrons. The molecule has 144 valence electrons. The summed E-state index contributed by atoms with van der Waals surface area (Å²) in [5, 5.41) is 1.87. The number of H-pyrrole nitrogens is 1. The highest BCUT2D eigenvalue weighted by atomic mass is 16.5. The number of carbonyl (C=O) groups excluding carboxylic acids is 1. The van der Waals surface area contributed by atoms with E-state index in [4.69, 9.17) is 14.2 Å². The van der Waals surface area contributed by atoms with Crippen LogP contribution in [0.5, 0.6) is 5.75 Å². The van der Waals surface area contributed by atoms with Gasteiger partial charge in [0.05, 0.1) is 24.9 Å². The van der Waals surface area contributed by atoms with Gasteiger partial charge in [0.2, 0.25) is 0 Å². The fraction of sp³-hybridized carbons (Fsp3) is 0.400. The van der Waals surface area contributed by atoms with Gasteiger partial charge < -0.3 is 24.1 Å². The molecule has 7 nitrogen and oxygen atoms in total. The predicted molar refractivity (Wildman–Crippen MR) is 104 cm³/mol. The molecule has 0 fully saturated rings. The maximum absolute atomic E-state index is 12.3. The summed E-state index contributed by atoms with van der Waals surface area (Å²) in [6, 6.07) is 5.89. The van der Waals surface area contributed by atoms with Gasteiger partial charge in [0.15, 0.2) is 5.69 Å². The zero-order valence-electron chi connectivity index (χ0n) is 16.2. The number of aromatic amines is 1. The molecule has 7 heteroatoms. The molecule has 0 aliphatic heterocycles. The second-order valence-electron chi connectivity index (χ2n) is 6.51.